The van der Waals surface area contributed by atoms with Crippen LogP contribution in [0.3, 0.4) is 0 Å². The molecule has 0 fully saturated rings. The van der Waals surface area contributed by atoms with Gasteiger partial charge in [-0.05, 0) is 12.1 Å². The number of halogens is 2. The zero-order chi connectivity index (χ0) is 21.7. The molecule has 3 aromatic rings. The Bertz CT molecular complexity index is 1050. The van der Waals surface area contributed by atoms with E-state index < -0.39 is 0 Å². The largest absolute Gasteiger partial charge is 0.495 e. The second-order valence-electron chi connectivity index (χ2n) is 6.15. The minimum absolute atomic E-state index is 0.299. The summed E-state index contributed by atoms with van der Waals surface area (Å²) in [6.07, 6.45) is 1.21. The van der Waals surface area contributed by atoms with E-state index in [2.05, 4.69) is 27.4 Å². The van der Waals surface area contributed by atoms with Gasteiger partial charge in [-0.2, -0.15) is 5.10 Å². The molecule has 1 amide bonds. The van der Waals surface area contributed by atoms with Crippen molar-refractivity contribution in [2.45, 2.75) is 6.54 Å². The average Bonchev–Trinajstić information content (AvgIpc) is 3.23. The second kappa shape index (κ2) is 9.56. The molecule has 156 valence electrons. The minimum Gasteiger partial charge on any atom is -0.495 e. The quantitative estimate of drug-likeness (QED) is 0.417. The van der Waals surface area contributed by atoms with E-state index in [-0.39, 0.29) is 5.91 Å². The van der Waals surface area contributed by atoms with Gasteiger partial charge < -0.3 is 20.1 Å². The molecule has 3 N–H and O–H groups in total. The molecule has 0 bridgehead atoms. The molecule has 0 aliphatic carbocycles. The van der Waals surface area contributed by atoms with Crippen LogP contribution in [0.2, 0.25) is 10.0 Å². The molecule has 9 heteroatoms. The van der Waals surface area contributed by atoms with Crippen molar-refractivity contribution in [2.24, 2.45) is 0 Å². The number of methoxy groups -OCH3 is 2. The molecule has 0 spiro atoms. The summed E-state index contributed by atoms with van der Waals surface area (Å²) in [5.41, 5.74) is 2.67. The topological polar surface area (TPSA) is 88.3 Å². The summed E-state index contributed by atoms with van der Waals surface area (Å²) in [5.74, 6) is 1.27. The van der Waals surface area contributed by atoms with Crippen molar-refractivity contribution in [1.29, 1.82) is 0 Å². The zero-order valence-electron chi connectivity index (χ0n) is 16.4. The Kier molecular flexibility index (Phi) is 6.87. The molecule has 30 heavy (non-hydrogen) atoms. The number of aromatic amines is 1. The molecular weight excluding hydrogens is 427 g/mol. The lowest BCUT2D eigenvalue weighted by atomic mass is 10.1. The van der Waals surface area contributed by atoms with Crippen molar-refractivity contribution < 1.29 is 14.3 Å². The maximum Gasteiger partial charge on any atom is 0.247 e. The van der Waals surface area contributed by atoms with Crippen molar-refractivity contribution in [3.63, 3.8) is 0 Å². The maximum absolute atomic E-state index is 11.7. The molecule has 0 aliphatic heterocycles. The maximum atomic E-state index is 11.7. The second-order valence-corrected chi connectivity index (χ2v) is 6.90. The number of carbonyl (C=O) groups is 1. The predicted octanol–water partition coefficient (Wildman–Crippen LogP) is 5.14. The van der Waals surface area contributed by atoms with Gasteiger partial charge in [0.2, 0.25) is 5.91 Å². The average molecular weight is 447 g/mol. The lowest BCUT2D eigenvalue weighted by Gasteiger charge is -2.15. The van der Waals surface area contributed by atoms with E-state index in [9.17, 15) is 4.79 Å². The van der Waals surface area contributed by atoms with Gasteiger partial charge in [-0.25, -0.2) is 0 Å². The highest BCUT2D eigenvalue weighted by Gasteiger charge is 2.17. The van der Waals surface area contributed by atoms with Crippen molar-refractivity contribution >= 4 is 40.6 Å². The van der Waals surface area contributed by atoms with Crippen LogP contribution in [0.1, 0.15) is 5.56 Å². The number of H-pyrrole nitrogens is 1. The van der Waals surface area contributed by atoms with Crippen molar-refractivity contribution in [1.82, 2.24) is 10.2 Å². The number of benzene rings is 2. The van der Waals surface area contributed by atoms with Gasteiger partial charge in [0.25, 0.3) is 0 Å². The smallest absolute Gasteiger partial charge is 0.247 e. The Hall–Kier alpha value is -3.16. The lowest BCUT2D eigenvalue weighted by molar-refractivity contribution is -0.111. The Morgan fingerprint density at radius 3 is 2.47 bits per heavy atom. The first-order valence-electron chi connectivity index (χ1n) is 8.89. The van der Waals surface area contributed by atoms with Crippen LogP contribution in [0.4, 0.5) is 11.5 Å². The fraction of sp³-hybridized carbons (Fsp3) is 0.143. The van der Waals surface area contributed by atoms with Gasteiger partial charge in [0, 0.05) is 29.8 Å². The Balaban J connectivity index is 1.83. The molecule has 0 radical (unpaired) electrons. The summed E-state index contributed by atoms with van der Waals surface area (Å²) in [6.45, 7) is 3.78. The molecule has 0 saturated carbocycles. The summed E-state index contributed by atoms with van der Waals surface area (Å²) in [7, 11) is 3.05. The molecule has 1 heterocycles. The number of aromatic nitrogens is 2. The number of anilines is 2. The minimum atomic E-state index is -0.299. The van der Waals surface area contributed by atoms with Gasteiger partial charge in [-0.1, -0.05) is 48.0 Å². The van der Waals surface area contributed by atoms with Crippen molar-refractivity contribution in [2.75, 3.05) is 24.9 Å². The SMILES string of the molecule is C=CC(=O)Nc1ccccc1-c1cc(NCc2c(Cl)c(OC)cc(OC)c2Cl)[nH]n1. The molecule has 0 unspecified atom stereocenters. The molecule has 2 aromatic carbocycles. The summed E-state index contributed by atoms with van der Waals surface area (Å²) in [5, 5.41) is 14.0. The van der Waals surface area contributed by atoms with Gasteiger partial charge in [0.05, 0.1) is 35.6 Å². The first-order valence-corrected chi connectivity index (χ1v) is 9.65. The zero-order valence-corrected chi connectivity index (χ0v) is 17.9. The van der Waals surface area contributed by atoms with Crippen LogP contribution in [0.5, 0.6) is 11.5 Å². The fourth-order valence-electron chi connectivity index (χ4n) is 2.82. The van der Waals surface area contributed by atoms with Crippen molar-refractivity contribution in [3.05, 3.63) is 64.7 Å². The Labute approximate surface area is 184 Å². The molecule has 0 saturated heterocycles. The summed E-state index contributed by atoms with van der Waals surface area (Å²) in [4.78, 5) is 11.7. The van der Waals surface area contributed by atoms with Gasteiger partial charge in [0.15, 0.2) is 0 Å². The molecule has 7 nitrogen and oxygen atoms in total. The number of amides is 1. The Morgan fingerprint density at radius 2 is 1.83 bits per heavy atom. The van der Waals surface area contributed by atoms with Crippen LogP contribution in [0, 0.1) is 0 Å². The third-order valence-corrected chi connectivity index (χ3v) is 5.17. The molecule has 3 rings (SSSR count). The predicted molar refractivity (Wildman–Crippen MR) is 120 cm³/mol. The Morgan fingerprint density at radius 1 is 1.17 bits per heavy atom. The standard InChI is InChI=1S/C21H20Cl2N4O3/c1-4-19(28)25-14-8-6-5-7-12(14)15-9-18(27-26-15)24-11-13-20(22)16(29-2)10-17(30-3)21(13)23/h4-10H,1,11H2,2-3H3,(H,25,28)(H2,24,26,27). The van der Waals surface area contributed by atoms with Gasteiger partial charge in [-0.15, -0.1) is 0 Å². The van der Waals surface area contributed by atoms with Gasteiger partial charge in [0.1, 0.15) is 17.3 Å². The number of hydrogen-bond acceptors (Lipinski definition) is 5. The highest BCUT2D eigenvalue weighted by atomic mass is 35.5. The van der Waals surface area contributed by atoms with E-state index in [1.807, 2.05) is 24.3 Å². The van der Waals surface area contributed by atoms with E-state index in [1.54, 1.807) is 12.1 Å². The first-order chi connectivity index (χ1) is 14.5. The molecular formula is C21H20Cl2N4O3. The third-order valence-electron chi connectivity index (χ3n) is 4.34. The fourth-order valence-corrected chi connectivity index (χ4v) is 3.46. The van der Waals surface area contributed by atoms with Crippen LogP contribution in [-0.4, -0.2) is 30.3 Å². The van der Waals surface area contributed by atoms with E-state index >= 15 is 0 Å². The molecule has 1 aromatic heterocycles. The van der Waals surface area contributed by atoms with Crippen LogP contribution >= 0.6 is 23.2 Å². The lowest BCUT2D eigenvalue weighted by Crippen LogP contribution is -2.08. The monoisotopic (exact) mass is 446 g/mol. The number of nitrogens with zero attached hydrogens (tertiary/aromatic N) is 1. The van der Waals surface area contributed by atoms with Gasteiger partial charge in [-0.3, -0.25) is 9.89 Å². The van der Waals surface area contributed by atoms with Crippen LogP contribution in [-0.2, 0) is 11.3 Å². The number of para-hydroxylation sites is 1. The molecule has 0 aliphatic rings. The van der Waals surface area contributed by atoms with E-state index in [1.165, 1.54) is 20.3 Å². The summed E-state index contributed by atoms with van der Waals surface area (Å²) >= 11 is 12.8. The highest BCUT2D eigenvalue weighted by molar-refractivity contribution is 6.37. The van der Waals surface area contributed by atoms with Crippen LogP contribution in [0.15, 0.2) is 49.1 Å². The summed E-state index contributed by atoms with van der Waals surface area (Å²) < 4.78 is 10.6. The third kappa shape index (κ3) is 4.53. The van der Waals surface area contributed by atoms with Crippen molar-refractivity contribution in [3.8, 4) is 22.8 Å². The van der Waals surface area contributed by atoms with E-state index in [0.717, 1.165) is 5.56 Å². The van der Waals surface area contributed by atoms with Crippen LogP contribution < -0.4 is 20.1 Å². The number of hydrogen-bond donors (Lipinski definition) is 3. The number of ether oxygens (including phenoxy) is 2. The normalized spacial score (nSPS) is 10.4. The van der Waals surface area contributed by atoms with E-state index in [4.69, 9.17) is 32.7 Å². The summed E-state index contributed by atoms with van der Waals surface area (Å²) in [6, 6.07) is 10.8. The van der Waals surface area contributed by atoms with Crippen LogP contribution in [0.25, 0.3) is 11.3 Å². The number of carbonyl (C=O) groups excluding carboxylic acids is 1. The molecule has 0 atom stereocenters. The van der Waals surface area contributed by atoms with Gasteiger partial charge >= 0.3 is 0 Å². The van der Waals surface area contributed by atoms with E-state index in [0.29, 0.717) is 50.9 Å². The highest BCUT2D eigenvalue weighted by Crippen LogP contribution is 2.40. The number of nitrogens with one attached hydrogen (secondary N) is 3. The first kappa shape index (κ1) is 21.5. The number of rotatable bonds is 8.